The van der Waals surface area contributed by atoms with Crippen molar-refractivity contribution in [2.75, 3.05) is 40.0 Å². The quantitative estimate of drug-likeness (QED) is 0.707. The number of hydrogen-bond acceptors (Lipinski definition) is 4. The van der Waals surface area contributed by atoms with Crippen LogP contribution in [0.15, 0.2) is 24.3 Å². The van der Waals surface area contributed by atoms with E-state index in [1.54, 1.807) is 7.11 Å². The summed E-state index contributed by atoms with van der Waals surface area (Å²) in [5, 5.41) is 3.36. The molecule has 0 aliphatic carbocycles. The van der Waals surface area contributed by atoms with Crippen LogP contribution < -0.4 is 10.1 Å². The van der Waals surface area contributed by atoms with E-state index in [0.717, 1.165) is 63.4 Å². The van der Waals surface area contributed by atoms with E-state index in [9.17, 15) is 4.79 Å². The smallest absolute Gasteiger partial charge is 0.260 e. The number of carbonyl (C=O) groups excluding carboxylic acids is 1. The van der Waals surface area contributed by atoms with Crippen molar-refractivity contribution >= 4 is 5.91 Å². The van der Waals surface area contributed by atoms with Crippen molar-refractivity contribution < 1.29 is 14.3 Å². The van der Waals surface area contributed by atoms with Gasteiger partial charge in [-0.2, -0.15) is 0 Å². The number of para-hydroxylation sites is 1. The third-order valence-corrected chi connectivity index (χ3v) is 3.80. The lowest BCUT2D eigenvalue weighted by atomic mass is 10.2. The molecule has 0 aromatic heterocycles. The highest BCUT2D eigenvalue weighted by Gasteiger charge is 2.18. The number of carbonyl (C=O) groups is 1. The fourth-order valence-corrected chi connectivity index (χ4v) is 2.55. The molecule has 0 spiro atoms. The molecule has 1 aromatic rings. The van der Waals surface area contributed by atoms with E-state index >= 15 is 0 Å². The van der Waals surface area contributed by atoms with E-state index in [4.69, 9.17) is 9.47 Å². The van der Waals surface area contributed by atoms with Crippen molar-refractivity contribution in [3.63, 3.8) is 0 Å². The van der Waals surface area contributed by atoms with Crippen LogP contribution in [0.25, 0.3) is 0 Å². The number of methoxy groups -OCH3 is 1. The maximum absolute atomic E-state index is 12.0. The van der Waals surface area contributed by atoms with E-state index in [2.05, 4.69) is 5.32 Å². The zero-order valence-corrected chi connectivity index (χ0v) is 13.3. The summed E-state index contributed by atoms with van der Waals surface area (Å²) in [7, 11) is 1.71. The van der Waals surface area contributed by atoms with Gasteiger partial charge in [-0.25, -0.2) is 0 Å². The lowest BCUT2D eigenvalue weighted by Gasteiger charge is -2.17. The van der Waals surface area contributed by atoms with E-state index in [1.165, 1.54) is 0 Å². The predicted molar refractivity (Wildman–Crippen MR) is 86.0 cm³/mol. The minimum Gasteiger partial charge on any atom is -0.483 e. The zero-order chi connectivity index (χ0) is 15.6. The number of nitrogens with one attached hydrogen (secondary N) is 1. The van der Waals surface area contributed by atoms with Crippen molar-refractivity contribution in [2.45, 2.75) is 25.8 Å². The van der Waals surface area contributed by atoms with Crippen LogP contribution in [0.5, 0.6) is 5.75 Å². The number of amides is 1. The first kappa shape index (κ1) is 16.8. The zero-order valence-electron chi connectivity index (χ0n) is 13.3. The number of rotatable bonds is 9. The Morgan fingerprint density at radius 3 is 2.82 bits per heavy atom. The predicted octanol–water partition coefficient (Wildman–Crippen LogP) is 1.81. The summed E-state index contributed by atoms with van der Waals surface area (Å²) in [5.41, 5.74) is 1.08. The van der Waals surface area contributed by atoms with Crippen LogP contribution in [0.2, 0.25) is 0 Å². The molecule has 5 nitrogen and oxygen atoms in total. The molecule has 5 heteroatoms. The van der Waals surface area contributed by atoms with Crippen molar-refractivity contribution in [1.29, 1.82) is 0 Å². The maximum Gasteiger partial charge on any atom is 0.260 e. The Morgan fingerprint density at radius 1 is 1.27 bits per heavy atom. The van der Waals surface area contributed by atoms with Gasteiger partial charge in [-0.1, -0.05) is 18.2 Å². The monoisotopic (exact) mass is 306 g/mol. The average Bonchev–Trinajstić information content (AvgIpc) is 3.08. The summed E-state index contributed by atoms with van der Waals surface area (Å²) >= 11 is 0. The van der Waals surface area contributed by atoms with Gasteiger partial charge in [0.1, 0.15) is 5.75 Å². The van der Waals surface area contributed by atoms with Gasteiger partial charge < -0.3 is 19.7 Å². The summed E-state index contributed by atoms with van der Waals surface area (Å²) in [4.78, 5) is 13.9. The van der Waals surface area contributed by atoms with Crippen molar-refractivity contribution in [2.24, 2.45) is 0 Å². The first-order chi connectivity index (χ1) is 10.8. The molecule has 1 fully saturated rings. The molecule has 0 bridgehead atoms. The second-order valence-electron chi connectivity index (χ2n) is 5.51. The first-order valence-corrected chi connectivity index (χ1v) is 7.99. The molecule has 2 rings (SSSR count). The summed E-state index contributed by atoms with van der Waals surface area (Å²) in [6.45, 7) is 4.25. The fraction of sp³-hybridized carbons (Fsp3) is 0.588. The van der Waals surface area contributed by atoms with Crippen molar-refractivity contribution in [3.05, 3.63) is 29.8 Å². The SMILES string of the molecule is COCCCNCc1ccccc1OCC(=O)N1CCCC1. The number of likely N-dealkylation sites (tertiary alicyclic amines) is 1. The Kier molecular flexibility index (Phi) is 7.19. The van der Waals surface area contributed by atoms with Crippen LogP contribution in [0.4, 0.5) is 0 Å². The number of nitrogens with zero attached hydrogens (tertiary/aromatic N) is 1. The normalized spacial score (nSPS) is 14.3. The highest BCUT2D eigenvalue weighted by molar-refractivity contribution is 5.78. The highest BCUT2D eigenvalue weighted by Crippen LogP contribution is 2.18. The maximum atomic E-state index is 12.0. The Morgan fingerprint density at radius 2 is 2.05 bits per heavy atom. The standard InChI is InChI=1S/C17H26N2O3/c1-21-12-6-9-18-13-15-7-2-3-8-16(15)22-14-17(20)19-10-4-5-11-19/h2-3,7-8,18H,4-6,9-14H2,1H3. The Labute approximate surface area is 132 Å². The van der Waals surface area contributed by atoms with Gasteiger partial charge in [-0.3, -0.25) is 4.79 Å². The van der Waals surface area contributed by atoms with Gasteiger partial charge in [0.15, 0.2) is 6.61 Å². The van der Waals surface area contributed by atoms with Gasteiger partial charge in [-0.05, 0) is 31.9 Å². The largest absolute Gasteiger partial charge is 0.483 e. The molecule has 0 unspecified atom stereocenters. The van der Waals surface area contributed by atoms with E-state index < -0.39 is 0 Å². The first-order valence-electron chi connectivity index (χ1n) is 7.99. The summed E-state index contributed by atoms with van der Waals surface area (Å²) in [6, 6.07) is 7.87. The van der Waals surface area contributed by atoms with E-state index in [-0.39, 0.29) is 12.5 Å². The Balaban J connectivity index is 1.78. The molecule has 1 saturated heterocycles. The second-order valence-corrected chi connectivity index (χ2v) is 5.51. The highest BCUT2D eigenvalue weighted by atomic mass is 16.5. The van der Waals surface area contributed by atoms with Gasteiger partial charge in [-0.15, -0.1) is 0 Å². The molecular weight excluding hydrogens is 280 g/mol. The van der Waals surface area contributed by atoms with Crippen molar-refractivity contribution in [3.8, 4) is 5.75 Å². The van der Waals surface area contributed by atoms with Gasteiger partial charge in [0, 0.05) is 38.9 Å². The number of ether oxygens (including phenoxy) is 2. The van der Waals surface area contributed by atoms with Gasteiger partial charge in [0.05, 0.1) is 0 Å². The number of hydrogen-bond donors (Lipinski definition) is 1. The Bertz CT molecular complexity index is 459. The van der Waals surface area contributed by atoms with Crippen molar-refractivity contribution in [1.82, 2.24) is 10.2 Å². The van der Waals surface area contributed by atoms with Crippen LogP contribution in [-0.4, -0.2) is 50.8 Å². The minimum atomic E-state index is 0.0837. The molecule has 1 aliphatic rings. The molecule has 22 heavy (non-hydrogen) atoms. The van der Waals surface area contributed by atoms with Crippen LogP contribution >= 0.6 is 0 Å². The van der Waals surface area contributed by atoms with E-state index in [1.807, 2.05) is 29.2 Å². The third kappa shape index (κ3) is 5.31. The van der Waals surface area contributed by atoms with Crippen LogP contribution in [0.3, 0.4) is 0 Å². The molecule has 122 valence electrons. The summed E-state index contributed by atoms with van der Waals surface area (Å²) < 4.78 is 10.8. The molecular formula is C17H26N2O3. The molecule has 1 N–H and O–H groups in total. The molecule has 0 atom stereocenters. The van der Waals surface area contributed by atoms with Gasteiger partial charge in [0.2, 0.25) is 0 Å². The molecule has 1 aromatic carbocycles. The molecule has 1 heterocycles. The van der Waals surface area contributed by atoms with Crippen LogP contribution in [0, 0.1) is 0 Å². The molecule has 0 saturated carbocycles. The minimum absolute atomic E-state index is 0.0837. The van der Waals surface area contributed by atoms with Gasteiger partial charge >= 0.3 is 0 Å². The second kappa shape index (κ2) is 9.43. The van der Waals surface area contributed by atoms with E-state index in [0.29, 0.717) is 0 Å². The molecule has 0 radical (unpaired) electrons. The topological polar surface area (TPSA) is 50.8 Å². The average molecular weight is 306 g/mol. The Hall–Kier alpha value is -1.59. The fourth-order valence-electron chi connectivity index (χ4n) is 2.55. The van der Waals surface area contributed by atoms with Gasteiger partial charge in [0.25, 0.3) is 5.91 Å². The summed E-state index contributed by atoms with van der Waals surface area (Å²) in [6.07, 6.45) is 3.19. The number of benzene rings is 1. The lowest BCUT2D eigenvalue weighted by Crippen LogP contribution is -2.32. The third-order valence-electron chi connectivity index (χ3n) is 3.80. The lowest BCUT2D eigenvalue weighted by molar-refractivity contribution is -0.132. The van der Waals surface area contributed by atoms with Crippen LogP contribution in [-0.2, 0) is 16.1 Å². The van der Waals surface area contributed by atoms with Crippen LogP contribution in [0.1, 0.15) is 24.8 Å². The molecule has 1 amide bonds. The molecule has 1 aliphatic heterocycles. The summed E-state index contributed by atoms with van der Waals surface area (Å²) in [5.74, 6) is 0.870.